The van der Waals surface area contributed by atoms with E-state index in [9.17, 15) is 4.79 Å². The molecule has 2 nitrogen and oxygen atoms in total. The number of hydrogen-bond donors (Lipinski definition) is 0. The Morgan fingerprint density at radius 2 is 1.06 bits per heavy atom. The van der Waals surface area contributed by atoms with Crippen LogP contribution in [-0.4, -0.2) is 0 Å². The molecule has 0 aliphatic rings. The standard InChI is InChI=1S/C31H18O2S/c32-31-27-18-21(13-15-23(27)24-5-1-3-7-28(24)33-31)19-9-11-20(12-10-19)22-14-16-30-26(17-22)25-6-2-4-8-29(25)34-30/h1-18H. The van der Waals surface area contributed by atoms with E-state index in [1.54, 1.807) is 0 Å². The molecule has 0 aliphatic heterocycles. The van der Waals surface area contributed by atoms with Crippen molar-refractivity contribution in [2.75, 3.05) is 0 Å². The van der Waals surface area contributed by atoms with Gasteiger partial charge >= 0.3 is 5.63 Å². The third-order valence-electron chi connectivity index (χ3n) is 6.55. The highest BCUT2D eigenvalue weighted by molar-refractivity contribution is 7.25. The van der Waals surface area contributed by atoms with E-state index in [0.717, 1.165) is 21.9 Å². The molecule has 2 heterocycles. The molecule has 0 radical (unpaired) electrons. The zero-order chi connectivity index (χ0) is 22.6. The topological polar surface area (TPSA) is 30.2 Å². The molecule has 0 amide bonds. The lowest BCUT2D eigenvalue weighted by molar-refractivity contribution is 0.569. The average Bonchev–Trinajstić information content (AvgIpc) is 3.27. The summed E-state index contributed by atoms with van der Waals surface area (Å²) in [6.45, 7) is 0. The van der Waals surface area contributed by atoms with Gasteiger partial charge in [-0.3, -0.25) is 0 Å². The summed E-state index contributed by atoms with van der Waals surface area (Å²) in [5.74, 6) is 0. The largest absolute Gasteiger partial charge is 0.422 e. The Hall–Kier alpha value is -4.21. The maximum absolute atomic E-state index is 12.6. The van der Waals surface area contributed by atoms with Crippen LogP contribution in [0.2, 0.25) is 0 Å². The van der Waals surface area contributed by atoms with E-state index in [1.807, 2.05) is 47.7 Å². The van der Waals surface area contributed by atoms with Crippen molar-refractivity contribution in [1.82, 2.24) is 0 Å². The van der Waals surface area contributed by atoms with Crippen LogP contribution in [0.15, 0.2) is 118 Å². The van der Waals surface area contributed by atoms with Gasteiger partial charge < -0.3 is 4.42 Å². The molecule has 0 saturated carbocycles. The monoisotopic (exact) mass is 454 g/mol. The van der Waals surface area contributed by atoms with Crippen molar-refractivity contribution in [3.63, 3.8) is 0 Å². The van der Waals surface area contributed by atoms with Gasteiger partial charge in [0.05, 0.1) is 5.39 Å². The Balaban J connectivity index is 1.30. The maximum Gasteiger partial charge on any atom is 0.344 e. The Morgan fingerprint density at radius 3 is 1.85 bits per heavy atom. The quantitative estimate of drug-likeness (QED) is 0.193. The predicted octanol–water partition coefficient (Wildman–Crippen LogP) is 8.65. The van der Waals surface area contributed by atoms with E-state index in [4.69, 9.17) is 4.42 Å². The Labute approximate surface area is 199 Å². The number of thiophene rings is 1. The number of para-hydroxylation sites is 1. The summed E-state index contributed by atoms with van der Waals surface area (Å²) in [4.78, 5) is 12.6. The number of hydrogen-bond acceptors (Lipinski definition) is 3. The summed E-state index contributed by atoms with van der Waals surface area (Å²) in [6.07, 6.45) is 0. The van der Waals surface area contributed by atoms with Crippen molar-refractivity contribution >= 4 is 53.3 Å². The van der Waals surface area contributed by atoms with Crippen LogP contribution in [0.3, 0.4) is 0 Å². The lowest BCUT2D eigenvalue weighted by Crippen LogP contribution is -1.99. The Kier molecular flexibility index (Phi) is 4.20. The molecule has 3 heteroatoms. The van der Waals surface area contributed by atoms with E-state index in [2.05, 4.69) is 72.8 Å². The molecule has 5 aromatic carbocycles. The van der Waals surface area contributed by atoms with Crippen LogP contribution in [-0.2, 0) is 0 Å². The van der Waals surface area contributed by atoms with Crippen LogP contribution < -0.4 is 5.63 Å². The molecule has 0 bridgehead atoms. The van der Waals surface area contributed by atoms with Crippen molar-refractivity contribution in [3.8, 4) is 22.3 Å². The molecule has 0 fully saturated rings. The first-order chi connectivity index (χ1) is 16.7. The molecular weight excluding hydrogens is 436 g/mol. The van der Waals surface area contributed by atoms with Gasteiger partial charge in [-0.25, -0.2) is 4.79 Å². The molecule has 0 atom stereocenters. The highest BCUT2D eigenvalue weighted by atomic mass is 32.1. The lowest BCUT2D eigenvalue weighted by Gasteiger charge is -2.08. The summed E-state index contributed by atoms with van der Waals surface area (Å²) < 4.78 is 8.17. The Bertz CT molecular complexity index is 1920. The predicted molar refractivity (Wildman–Crippen MR) is 144 cm³/mol. The average molecular weight is 455 g/mol. The molecule has 7 aromatic rings. The van der Waals surface area contributed by atoms with Crippen LogP contribution in [0.25, 0.3) is 64.2 Å². The highest BCUT2D eigenvalue weighted by Gasteiger charge is 2.10. The van der Waals surface area contributed by atoms with Gasteiger partial charge in [0.1, 0.15) is 5.58 Å². The molecule has 0 spiro atoms. The van der Waals surface area contributed by atoms with Crippen LogP contribution in [0.4, 0.5) is 0 Å². The molecule has 0 saturated heterocycles. The zero-order valence-corrected chi connectivity index (χ0v) is 18.9. The molecule has 0 aliphatic carbocycles. The number of benzene rings is 5. The molecule has 34 heavy (non-hydrogen) atoms. The number of rotatable bonds is 2. The third kappa shape index (κ3) is 2.98. The summed E-state index contributed by atoms with van der Waals surface area (Å²) in [5.41, 5.74) is 4.76. The fourth-order valence-corrected chi connectivity index (χ4v) is 5.91. The summed E-state index contributed by atoms with van der Waals surface area (Å²) >= 11 is 1.83. The zero-order valence-electron chi connectivity index (χ0n) is 18.1. The second kappa shape index (κ2) is 7.41. The molecule has 160 valence electrons. The van der Waals surface area contributed by atoms with Crippen LogP contribution in [0.1, 0.15) is 0 Å². The van der Waals surface area contributed by atoms with E-state index >= 15 is 0 Å². The van der Waals surface area contributed by atoms with Gasteiger partial charge in [-0.15, -0.1) is 11.3 Å². The van der Waals surface area contributed by atoms with Crippen molar-refractivity contribution in [2.24, 2.45) is 0 Å². The van der Waals surface area contributed by atoms with Gasteiger partial charge in [0.2, 0.25) is 0 Å². The lowest BCUT2D eigenvalue weighted by atomic mass is 9.97. The summed E-state index contributed by atoms with van der Waals surface area (Å²) in [7, 11) is 0. The highest BCUT2D eigenvalue weighted by Crippen LogP contribution is 2.36. The van der Waals surface area contributed by atoms with E-state index < -0.39 is 0 Å². The van der Waals surface area contributed by atoms with Gasteiger partial charge in [0.15, 0.2) is 0 Å². The second-order valence-corrected chi connectivity index (χ2v) is 9.62. The van der Waals surface area contributed by atoms with Crippen molar-refractivity contribution in [2.45, 2.75) is 0 Å². The molecular formula is C31H18O2S. The maximum atomic E-state index is 12.6. The Morgan fingerprint density at radius 1 is 0.471 bits per heavy atom. The first-order valence-corrected chi connectivity index (χ1v) is 12.0. The van der Waals surface area contributed by atoms with Crippen molar-refractivity contribution < 1.29 is 4.42 Å². The summed E-state index contributed by atoms with van der Waals surface area (Å²) in [6, 6.07) is 37.5. The van der Waals surface area contributed by atoms with E-state index in [0.29, 0.717) is 11.0 Å². The van der Waals surface area contributed by atoms with E-state index in [1.165, 1.54) is 31.3 Å². The van der Waals surface area contributed by atoms with Gasteiger partial charge in [0, 0.05) is 25.6 Å². The minimum atomic E-state index is -0.302. The fraction of sp³-hybridized carbons (Fsp3) is 0. The first-order valence-electron chi connectivity index (χ1n) is 11.2. The van der Waals surface area contributed by atoms with Crippen LogP contribution in [0, 0.1) is 0 Å². The second-order valence-electron chi connectivity index (χ2n) is 8.53. The molecule has 2 aromatic heterocycles. The van der Waals surface area contributed by atoms with Crippen molar-refractivity contribution in [1.29, 1.82) is 0 Å². The van der Waals surface area contributed by atoms with Gasteiger partial charge in [-0.2, -0.15) is 0 Å². The minimum absolute atomic E-state index is 0.302. The molecule has 7 rings (SSSR count). The van der Waals surface area contributed by atoms with Gasteiger partial charge in [-0.1, -0.05) is 78.9 Å². The summed E-state index contributed by atoms with van der Waals surface area (Å²) in [5, 5.41) is 5.09. The molecule has 0 unspecified atom stereocenters. The normalized spacial score (nSPS) is 11.6. The number of fused-ring (bicyclic) bond motifs is 6. The first kappa shape index (κ1) is 19.3. The van der Waals surface area contributed by atoms with Gasteiger partial charge in [-0.05, 0) is 58.0 Å². The third-order valence-corrected chi connectivity index (χ3v) is 7.70. The minimum Gasteiger partial charge on any atom is -0.422 e. The smallest absolute Gasteiger partial charge is 0.344 e. The van der Waals surface area contributed by atoms with Crippen LogP contribution in [0.5, 0.6) is 0 Å². The van der Waals surface area contributed by atoms with Crippen LogP contribution >= 0.6 is 11.3 Å². The van der Waals surface area contributed by atoms with Gasteiger partial charge in [0.25, 0.3) is 0 Å². The SMILES string of the molecule is O=c1oc2ccccc2c2ccc(-c3ccc(-c4ccc5sc6ccccc6c5c4)cc3)cc12. The fourth-order valence-electron chi connectivity index (χ4n) is 4.82. The molecule has 0 N–H and O–H groups in total. The van der Waals surface area contributed by atoms with E-state index in [-0.39, 0.29) is 5.63 Å². The van der Waals surface area contributed by atoms with Crippen molar-refractivity contribution in [3.05, 3.63) is 120 Å².